The molecule has 10 nitrogen and oxygen atoms in total. The summed E-state index contributed by atoms with van der Waals surface area (Å²) in [6.07, 6.45) is 3.27. The van der Waals surface area contributed by atoms with Crippen molar-refractivity contribution < 1.29 is 34.2 Å². The molecule has 0 radical (unpaired) electrons. The van der Waals surface area contributed by atoms with Crippen LogP contribution in [0.1, 0.15) is 72.6 Å². The van der Waals surface area contributed by atoms with Gasteiger partial charge in [0.15, 0.2) is 0 Å². The molecule has 0 rings (SSSR count). The van der Waals surface area contributed by atoms with Crippen LogP contribution in [0.3, 0.4) is 0 Å². The van der Waals surface area contributed by atoms with Crippen LogP contribution < -0.4 is 10.6 Å². The van der Waals surface area contributed by atoms with E-state index in [0.717, 1.165) is 31.4 Å². The van der Waals surface area contributed by atoms with Gasteiger partial charge in [-0.1, -0.05) is 34.1 Å². The Kier molecular flexibility index (Phi) is 17.3. The molecular formula is C26H45N3O7S2. The molecule has 0 aliphatic carbocycles. The second kappa shape index (κ2) is 18.3. The van der Waals surface area contributed by atoms with Gasteiger partial charge < -0.3 is 20.8 Å². The average molecular weight is 576 g/mol. The number of nitrogens with one attached hydrogen (secondary N) is 2. The summed E-state index contributed by atoms with van der Waals surface area (Å²) in [6, 6.07) is 0. The summed E-state index contributed by atoms with van der Waals surface area (Å²) >= 11 is 8.65. The van der Waals surface area contributed by atoms with E-state index in [4.69, 9.17) is 0 Å². The lowest BCUT2D eigenvalue weighted by molar-refractivity contribution is -0.154. The third-order valence-electron chi connectivity index (χ3n) is 6.71. The summed E-state index contributed by atoms with van der Waals surface area (Å²) in [5.74, 6) is -6.71. The number of aliphatic imine (C=N–C) groups is 1. The monoisotopic (exact) mass is 575 g/mol. The molecule has 12 heteroatoms. The molecule has 4 atom stereocenters. The number of amides is 3. The van der Waals surface area contributed by atoms with Crippen molar-refractivity contribution in [2.45, 2.75) is 77.9 Å². The Labute approximate surface area is 237 Å². The topological polar surface area (TPSA) is 162 Å². The Balaban J connectivity index is 5.06. The highest BCUT2D eigenvalue weighted by Crippen LogP contribution is 2.40. The number of rotatable bonds is 20. The van der Waals surface area contributed by atoms with Gasteiger partial charge in [0, 0.05) is 31.2 Å². The van der Waals surface area contributed by atoms with Gasteiger partial charge in [0.25, 0.3) is 0 Å². The van der Waals surface area contributed by atoms with Gasteiger partial charge in [0.2, 0.25) is 17.7 Å². The normalized spacial score (nSPS) is 14.7. The van der Waals surface area contributed by atoms with Gasteiger partial charge in [0.1, 0.15) is 0 Å². The molecule has 0 aromatic carbocycles. The first kappa shape index (κ1) is 35.9. The first-order valence-corrected chi connectivity index (χ1v) is 14.1. The lowest BCUT2D eigenvalue weighted by atomic mass is 9.67. The summed E-state index contributed by atoms with van der Waals surface area (Å²) in [5, 5.41) is 25.4. The molecule has 0 aliphatic heterocycles. The number of aliphatic carboxylic acids is 2. The maximum atomic E-state index is 13.0. The fourth-order valence-corrected chi connectivity index (χ4v) is 5.34. The zero-order chi connectivity index (χ0) is 29.5. The third-order valence-corrected chi connectivity index (χ3v) is 7.49. The van der Waals surface area contributed by atoms with Crippen LogP contribution in [0, 0.1) is 29.1 Å². The van der Waals surface area contributed by atoms with Crippen molar-refractivity contribution in [2.24, 2.45) is 34.1 Å². The van der Waals surface area contributed by atoms with E-state index >= 15 is 0 Å². The maximum Gasteiger partial charge on any atom is 0.307 e. The summed E-state index contributed by atoms with van der Waals surface area (Å²) in [6.45, 7) is 10.0. The molecule has 0 aromatic heterocycles. The van der Waals surface area contributed by atoms with Crippen molar-refractivity contribution in [3.05, 3.63) is 0 Å². The highest BCUT2D eigenvalue weighted by atomic mass is 32.1. The molecule has 0 aromatic rings. The minimum Gasteiger partial charge on any atom is -0.481 e. The Morgan fingerprint density at radius 3 is 2.08 bits per heavy atom. The van der Waals surface area contributed by atoms with E-state index in [1.807, 2.05) is 0 Å². The highest BCUT2D eigenvalue weighted by molar-refractivity contribution is 7.81. The molecule has 0 aliphatic rings. The summed E-state index contributed by atoms with van der Waals surface area (Å²) in [4.78, 5) is 64.2. The molecule has 0 saturated carbocycles. The number of carboxylic acid groups (broad SMARTS) is 2. The van der Waals surface area contributed by atoms with Gasteiger partial charge in [0.05, 0.1) is 17.8 Å². The molecule has 0 bridgehead atoms. The van der Waals surface area contributed by atoms with Crippen molar-refractivity contribution >= 4 is 61.6 Å². The lowest BCUT2D eigenvalue weighted by Crippen LogP contribution is -2.45. The number of thiol groups is 2. The Morgan fingerprint density at radius 2 is 1.58 bits per heavy atom. The van der Waals surface area contributed by atoms with Crippen LogP contribution in [0.25, 0.3) is 0 Å². The van der Waals surface area contributed by atoms with Crippen molar-refractivity contribution in [2.75, 3.05) is 18.8 Å². The van der Waals surface area contributed by atoms with Crippen LogP contribution in [0.15, 0.2) is 4.99 Å². The van der Waals surface area contributed by atoms with Crippen LogP contribution in [0.4, 0.5) is 0 Å². The average Bonchev–Trinajstić information content (AvgIpc) is 2.81. The van der Waals surface area contributed by atoms with Crippen molar-refractivity contribution in [1.82, 2.24) is 10.6 Å². The minimum atomic E-state index is -1.25. The summed E-state index contributed by atoms with van der Waals surface area (Å²) in [5.41, 5.74) is -1.13. The predicted molar refractivity (Wildman–Crippen MR) is 154 cm³/mol. The smallest absolute Gasteiger partial charge is 0.307 e. The fourth-order valence-electron chi connectivity index (χ4n) is 4.52. The van der Waals surface area contributed by atoms with Crippen molar-refractivity contribution in [3.63, 3.8) is 0 Å². The van der Waals surface area contributed by atoms with Gasteiger partial charge >= 0.3 is 11.9 Å². The molecule has 0 saturated heterocycles. The van der Waals surface area contributed by atoms with E-state index in [9.17, 15) is 34.2 Å². The first-order valence-electron chi connectivity index (χ1n) is 13.0. The highest BCUT2D eigenvalue weighted by Gasteiger charge is 2.44. The summed E-state index contributed by atoms with van der Waals surface area (Å²) in [7, 11) is 0. The third kappa shape index (κ3) is 13.6. The van der Waals surface area contributed by atoms with Gasteiger partial charge in [-0.25, -0.2) is 4.99 Å². The number of carbonyl (C=O) groups is 5. The lowest BCUT2D eigenvalue weighted by Gasteiger charge is -2.36. The number of carbonyl (C=O) groups excluding carboxylic acids is 3. The summed E-state index contributed by atoms with van der Waals surface area (Å²) < 4.78 is 0. The molecule has 4 unspecified atom stereocenters. The van der Waals surface area contributed by atoms with E-state index in [-0.39, 0.29) is 36.6 Å². The zero-order valence-electron chi connectivity index (χ0n) is 22.9. The Hall–Kier alpha value is -2.08. The molecule has 218 valence electrons. The van der Waals surface area contributed by atoms with E-state index in [0.29, 0.717) is 6.42 Å². The van der Waals surface area contributed by atoms with Crippen LogP contribution in [0.5, 0.6) is 0 Å². The van der Waals surface area contributed by atoms with E-state index in [1.165, 1.54) is 0 Å². The standard InChI is InChI=1S/C26H45N3O7S2/c1-16(2)22(18(24(33)34)15-26(3,4)19(25(35)36)14-21(31)27-5)23(32)29-12-11-28-20(30)9-7-6-8-17(38)10-13-37/h16-19,22,37-38H,5-15H2,1-4H3,(H,28,30)(H,29,32)(H,33,34)(H,35,36). The van der Waals surface area contributed by atoms with E-state index in [2.05, 4.69) is 47.6 Å². The van der Waals surface area contributed by atoms with Crippen molar-refractivity contribution in [1.29, 1.82) is 0 Å². The first-order chi connectivity index (χ1) is 17.7. The van der Waals surface area contributed by atoms with E-state index < -0.39 is 53.3 Å². The number of unbranched alkanes of at least 4 members (excludes halogenated alkanes) is 1. The van der Waals surface area contributed by atoms with Crippen molar-refractivity contribution in [3.8, 4) is 0 Å². The number of hydrogen-bond acceptors (Lipinski definition) is 7. The van der Waals surface area contributed by atoms with Gasteiger partial charge in [-0.3, -0.25) is 24.0 Å². The fraction of sp³-hybridized carbons (Fsp3) is 0.769. The number of nitrogens with zero attached hydrogens (tertiary/aromatic N) is 1. The minimum absolute atomic E-state index is 0.126. The quantitative estimate of drug-likeness (QED) is 0.0738. The van der Waals surface area contributed by atoms with Gasteiger partial charge in [-0.2, -0.15) is 25.3 Å². The molecule has 0 heterocycles. The number of carboxylic acids is 2. The molecule has 3 amide bonds. The van der Waals surface area contributed by atoms with Crippen LogP contribution in [-0.2, 0) is 24.0 Å². The number of hydrogen-bond donors (Lipinski definition) is 6. The van der Waals surface area contributed by atoms with E-state index in [1.54, 1.807) is 27.7 Å². The van der Waals surface area contributed by atoms with Crippen LogP contribution >= 0.6 is 25.3 Å². The Morgan fingerprint density at radius 1 is 0.974 bits per heavy atom. The molecule has 0 fully saturated rings. The Bertz CT molecular complexity index is 821. The molecule has 38 heavy (non-hydrogen) atoms. The second-order valence-electron chi connectivity index (χ2n) is 10.6. The predicted octanol–water partition coefficient (Wildman–Crippen LogP) is 3.10. The van der Waals surface area contributed by atoms with Crippen LogP contribution in [-0.4, -0.2) is 70.7 Å². The molecule has 4 N–H and O–H groups in total. The molecular weight excluding hydrogens is 530 g/mol. The van der Waals surface area contributed by atoms with Crippen LogP contribution in [0.2, 0.25) is 0 Å². The second-order valence-corrected chi connectivity index (χ2v) is 11.8. The largest absolute Gasteiger partial charge is 0.481 e. The molecule has 0 spiro atoms. The zero-order valence-corrected chi connectivity index (χ0v) is 24.7. The van der Waals surface area contributed by atoms with Gasteiger partial charge in [-0.05, 0) is 49.5 Å². The maximum absolute atomic E-state index is 13.0. The SMILES string of the molecule is C=NC(=O)CC(C(=O)O)C(C)(C)CC(C(=O)O)C(C(=O)NCCNC(=O)CCCCC(S)CCS)C(C)C. The van der Waals surface area contributed by atoms with Gasteiger partial charge in [-0.15, -0.1) is 0 Å².